The van der Waals surface area contributed by atoms with Crippen molar-refractivity contribution in [3.8, 4) is 0 Å². The number of hydrogen-bond donors (Lipinski definition) is 1. The van der Waals surface area contributed by atoms with Crippen LogP contribution in [0.3, 0.4) is 0 Å². The van der Waals surface area contributed by atoms with E-state index in [1.54, 1.807) is 0 Å². The molecule has 140 valence electrons. The van der Waals surface area contributed by atoms with Crippen molar-refractivity contribution in [1.82, 2.24) is 5.32 Å². The monoisotopic (exact) mass is 705 g/mol. The number of benzene rings is 2. The SMILES string of the molecule is Cc1cc(N2CCNCC2C)cc2c1N=c1c(C)cccc1=S2I(I)I. The van der Waals surface area contributed by atoms with Gasteiger partial charge < -0.3 is 0 Å². The number of rotatable bonds is 2. The summed E-state index contributed by atoms with van der Waals surface area (Å²) in [6, 6.07) is 12.1. The summed E-state index contributed by atoms with van der Waals surface area (Å²) in [5.41, 5.74) is 5.23. The molecule has 2 aliphatic rings. The van der Waals surface area contributed by atoms with E-state index in [0.29, 0.717) is 6.04 Å². The van der Waals surface area contributed by atoms with Gasteiger partial charge >= 0.3 is 185 Å². The van der Waals surface area contributed by atoms with Gasteiger partial charge in [-0.15, -0.1) is 0 Å². The Bertz CT molecular complexity index is 990. The van der Waals surface area contributed by atoms with Crippen LogP contribution < -0.4 is 15.6 Å². The molecule has 0 saturated carbocycles. The normalized spacial score (nSPS) is 22.3. The van der Waals surface area contributed by atoms with E-state index in [-0.39, 0.29) is 7.66 Å². The van der Waals surface area contributed by atoms with Crippen molar-refractivity contribution < 1.29 is 0 Å². The van der Waals surface area contributed by atoms with Crippen LogP contribution in [0.2, 0.25) is 0 Å². The van der Waals surface area contributed by atoms with Gasteiger partial charge in [-0.25, -0.2) is 0 Å². The average Bonchev–Trinajstić information content (AvgIpc) is 2.60. The molecule has 1 fully saturated rings. The number of aryl methyl sites for hydroxylation is 2. The summed E-state index contributed by atoms with van der Waals surface area (Å²) in [6.07, 6.45) is 0. The van der Waals surface area contributed by atoms with Crippen LogP contribution >= 0.6 is 55.4 Å². The third-order valence-corrected chi connectivity index (χ3v) is 24.9. The molecule has 2 heterocycles. The fraction of sp³-hybridized carbons (Fsp3) is 0.368. The molecule has 7 heteroatoms. The quantitative estimate of drug-likeness (QED) is 0.304. The second-order valence-corrected chi connectivity index (χ2v) is 42.7. The summed E-state index contributed by atoms with van der Waals surface area (Å²) in [6.45, 7) is 9.96. The first-order valence-corrected chi connectivity index (χ1v) is 25.0. The standard InChI is InChI=1S/C19H22I3N3S/c1-12-5-4-6-16-18(12)24-19-13(2)9-15(10-17(19)26(16)22(20)21)25-8-7-23-11-14(25)3/h4-6,9-10,14,23H,7-8,11H2,1-3H3. The van der Waals surface area contributed by atoms with Gasteiger partial charge in [-0.2, -0.15) is 0 Å². The van der Waals surface area contributed by atoms with Crippen LogP contribution in [0.25, 0.3) is 0 Å². The van der Waals surface area contributed by atoms with Gasteiger partial charge in [0.1, 0.15) is 0 Å². The van der Waals surface area contributed by atoms with Gasteiger partial charge in [0.25, 0.3) is 0 Å². The molecule has 0 spiro atoms. The van der Waals surface area contributed by atoms with Gasteiger partial charge in [-0.3, -0.25) is 0 Å². The Kier molecular flexibility index (Phi) is 6.19. The van der Waals surface area contributed by atoms with Crippen molar-refractivity contribution in [3.63, 3.8) is 0 Å². The van der Waals surface area contributed by atoms with Crippen molar-refractivity contribution in [2.75, 3.05) is 24.5 Å². The van der Waals surface area contributed by atoms with Crippen LogP contribution in [-0.2, 0) is 0 Å². The third kappa shape index (κ3) is 3.59. The summed E-state index contributed by atoms with van der Waals surface area (Å²) >= 11 is 5.48. The minimum atomic E-state index is -1.16. The summed E-state index contributed by atoms with van der Waals surface area (Å²) in [5.74, 6) is 0. The number of nitrogens with zero attached hydrogens (tertiary/aromatic N) is 2. The van der Waals surface area contributed by atoms with Crippen LogP contribution in [0, 0.1) is 18.4 Å². The Labute approximate surface area is 182 Å². The fourth-order valence-corrected chi connectivity index (χ4v) is 24.0. The molecule has 0 amide bonds. The molecule has 0 bridgehead atoms. The van der Waals surface area contributed by atoms with Gasteiger partial charge in [0.2, 0.25) is 0 Å². The molecular weight excluding hydrogens is 683 g/mol. The molecule has 2 aromatic rings. The maximum absolute atomic E-state index is 5.14. The van der Waals surface area contributed by atoms with E-state index in [0.717, 1.165) is 19.6 Å². The molecule has 0 aliphatic carbocycles. The molecule has 1 saturated heterocycles. The second kappa shape index (κ2) is 8.11. The van der Waals surface area contributed by atoms with Crippen molar-refractivity contribution in [3.05, 3.63) is 51.3 Å². The minimum absolute atomic E-state index is 0.201. The topological polar surface area (TPSA) is 27.6 Å². The number of hydrogen-bond acceptors (Lipinski definition) is 3. The van der Waals surface area contributed by atoms with E-state index in [1.165, 1.54) is 37.3 Å². The summed E-state index contributed by atoms with van der Waals surface area (Å²) in [5, 5.41) is 4.73. The Morgan fingerprint density at radius 1 is 1.23 bits per heavy atom. The molecule has 2 aromatic carbocycles. The van der Waals surface area contributed by atoms with Crippen molar-refractivity contribution >= 4 is 66.7 Å². The number of para-hydroxylation sites is 1. The van der Waals surface area contributed by atoms with Crippen LogP contribution in [0.4, 0.5) is 11.4 Å². The molecule has 3 nitrogen and oxygen atoms in total. The van der Waals surface area contributed by atoms with Gasteiger partial charge in [0, 0.05) is 0 Å². The second-order valence-electron chi connectivity index (χ2n) is 6.82. The molecule has 1 N–H and O–H groups in total. The predicted octanol–water partition coefficient (Wildman–Crippen LogP) is 6.07. The van der Waals surface area contributed by atoms with E-state index in [9.17, 15) is 0 Å². The molecule has 2 atom stereocenters. The van der Waals surface area contributed by atoms with Gasteiger partial charge in [0.05, 0.1) is 0 Å². The zero-order valence-electron chi connectivity index (χ0n) is 15.0. The molecular formula is C19H22I3N3S. The first-order chi connectivity index (χ1) is 12.5. The number of anilines is 1. The van der Waals surface area contributed by atoms with E-state index in [1.807, 2.05) is 0 Å². The van der Waals surface area contributed by atoms with E-state index in [2.05, 4.69) is 98.6 Å². The first kappa shape index (κ1) is 19.8. The Hall–Kier alpha value is 0.540. The number of nitrogens with one attached hydrogen (secondary N) is 1. The number of fused-ring (bicyclic) bond motifs is 2. The van der Waals surface area contributed by atoms with Gasteiger partial charge in [0.15, 0.2) is 0 Å². The van der Waals surface area contributed by atoms with E-state index < -0.39 is 10.5 Å². The fourth-order valence-electron chi connectivity index (χ4n) is 3.68. The summed E-state index contributed by atoms with van der Waals surface area (Å²) < 4.78 is 1.47. The van der Waals surface area contributed by atoms with Crippen molar-refractivity contribution in [2.45, 2.75) is 31.7 Å². The zero-order valence-corrected chi connectivity index (χ0v) is 22.3. The summed E-state index contributed by atoms with van der Waals surface area (Å²) in [7, 11) is -0.957. The first-order valence-electron chi connectivity index (χ1n) is 8.68. The summed E-state index contributed by atoms with van der Waals surface area (Å²) in [4.78, 5) is 9.19. The zero-order chi connectivity index (χ0) is 18.4. The Morgan fingerprint density at radius 2 is 2.04 bits per heavy atom. The molecule has 0 aromatic heterocycles. The molecule has 0 radical (unpaired) electrons. The Balaban J connectivity index is 1.97. The van der Waals surface area contributed by atoms with Crippen LogP contribution in [0.5, 0.6) is 0 Å². The molecule has 4 rings (SSSR count). The van der Waals surface area contributed by atoms with Crippen LogP contribution in [-0.4, -0.2) is 25.7 Å². The molecule has 2 unspecified atom stereocenters. The third-order valence-electron chi connectivity index (χ3n) is 5.01. The molecule has 2 aliphatic heterocycles. The van der Waals surface area contributed by atoms with E-state index in [4.69, 9.17) is 4.99 Å². The van der Waals surface area contributed by atoms with Crippen LogP contribution in [0.15, 0.2) is 40.2 Å². The molecule has 26 heavy (non-hydrogen) atoms. The average molecular weight is 705 g/mol. The van der Waals surface area contributed by atoms with Gasteiger partial charge in [-0.1, -0.05) is 0 Å². The Morgan fingerprint density at radius 3 is 2.77 bits per heavy atom. The van der Waals surface area contributed by atoms with Crippen molar-refractivity contribution in [1.29, 1.82) is 0 Å². The predicted molar refractivity (Wildman–Crippen MR) is 140 cm³/mol. The van der Waals surface area contributed by atoms with Crippen LogP contribution in [0.1, 0.15) is 18.1 Å². The van der Waals surface area contributed by atoms with E-state index >= 15 is 0 Å². The number of piperazine rings is 1. The number of halogens is 3. The maximum atomic E-state index is 5.14. The van der Waals surface area contributed by atoms with Crippen molar-refractivity contribution in [2.24, 2.45) is 4.99 Å². The van der Waals surface area contributed by atoms with Gasteiger partial charge in [-0.05, 0) is 0 Å².